The molecule has 9 heteroatoms. The number of carbonyl (C=O) groups excluding carboxylic acids is 1. The molecule has 27 heavy (non-hydrogen) atoms. The molecule has 0 saturated heterocycles. The van der Waals surface area contributed by atoms with E-state index in [4.69, 9.17) is 5.11 Å². The third-order valence-electron chi connectivity index (χ3n) is 3.84. The third-order valence-corrected chi connectivity index (χ3v) is 3.84. The molecule has 1 unspecified atom stereocenters. The summed E-state index contributed by atoms with van der Waals surface area (Å²) in [5.74, 6) is -1.80. The molecular formula is C18H19N3O6. The maximum absolute atomic E-state index is 11.7. The van der Waals surface area contributed by atoms with Crippen LogP contribution in [0.25, 0.3) is 0 Å². The van der Waals surface area contributed by atoms with E-state index in [0.717, 1.165) is 5.56 Å². The van der Waals surface area contributed by atoms with Gasteiger partial charge >= 0.3 is 17.6 Å². The van der Waals surface area contributed by atoms with E-state index in [2.05, 4.69) is 15.0 Å². The van der Waals surface area contributed by atoms with Crippen molar-refractivity contribution in [3.05, 3.63) is 63.8 Å². The molecule has 0 radical (unpaired) electrons. The number of rotatable bonds is 9. The summed E-state index contributed by atoms with van der Waals surface area (Å²) in [6, 6.07) is 11.3. The van der Waals surface area contributed by atoms with Gasteiger partial charge in [0, 0.05) is 18.5 Å². The van der Waals surface area contributed by atoms with Crippen molar-refractivity contribution in [2.45, 2.75) is 25.3 Å². The summed E-state index contributed by atoms with van der Waals surface area (Å²) in [4.78, 5) is 37.3. The van der Waals surface area contributed by atoms with Crippen LogP contribution in [0.1, 0.15) is 28.9 Å². The van der Waals surface area contributed by atoms with E-state index < -0.39 is 22.9 Å². The van der Waals surface area contributed by atoms with Crippen molar-refractivity contribution in [3.8, 4) is 0 Å². The molecule has 0 fully saturated rings. The van der Waals surface area contributed by atoms with E-state index in [9.17, 15) is 19.7 Å². The Morgan fingerprint density at radius 2 is 1.96 bits per heavy atom. The number of nitro groups is 1. The topological polar surface area (TPSA) is 132 Å². The Labute approximate surface area is 155 Å². The molecule has 0 bridgehead atoms. The lowest BCUT2D eigenvalue weighted by molar-refractivity contribution is -0.384. The van der Waals surface area contributed by atoms with Crippen LogP contribution in [0.2, 0.25) is 0 Å². The van der Waals surface area contributed by atoms with Crippen LogP contribution in [-0.2, 0) is 16.0 Å². The Hall–Kier alpha value is -3.49. The van der Waals surface area contributed by atoms with Gasteiger partial charge in [0.05, 0.1) is 12.0 Å². The Kier molecular flexibility index (Phi) is 6.81. The summed E-state index contributed by atoms with van der Waals surface area (Å²) < 4.78 is 4.59. The predicted molar refractivity (Wildman–Crippen MR) is 96.7 cm³/mol. The van der Waals surface area contributed by atoms with Crippen LogP contribution in [0.4, 0.5) is 11.5 Å². The first kappa shape index (κ1) is 19.8. The van der Waals surface area contributed by atoms with E-state index in [-0.39, 0.29) is 30.0 Å². The number of ether oxygens (including phenoxy) is 1. The van der Waals surface area contributed by atoms with E-state index >= 15 is 0 Å². The monoisotopic (exact) mass is 373 g/mol. The number of carboxylic acid groups (broad SMARTS) is 1. The largest absolute Gasteiger partial charge is 0.481 e. The van der Waals surface area contributed by atoms with E-state index in [1.807, 2.05) is 30.3 Å². The average molecular weight is 373 g/mol. The van der Waals surface area contributed by atoms with Gasteiger partial charge in [-0.25, -0.2) is 9.78 Å². The van der Waals surface area contributed by atoms with Crippen LogP contribution in [-0.4, -0.2) is 40.1 Å². The Morgan fingerprint density at radius 1 is 1.26 bits per heavy atom. The van der Waals surface area contributed by atoms with Gasteiger partial charge in [-0.1, -0.05) is 30.3 Å². The second-order valence-electron chi connectivity index (χ2n) is 5.78. The van der Waals surface area contributed by atoms with Crippen molar-refractivity contribution in [1.82, 2.24) is 4.98 Å². The molecular weight excluding hydrogens is 354 g/mol. The zero-order valence-electron chi connectivity index (χ0n) is 14.6. The molecule has 0 spiro atoms. The number of nitrogens with zero attached hydrogens (tertiary/aromatic N) is 2. The van der Waals surface area contributed by atoms with E-state index in [1.165, 1.54) is 19.2 Å². The molecule has 0 amide bonds. The fourth-order valence-electron chi connectivity index (χ4n) is 2.54. The van der Waals surface area contributed by atoms with Crippen LogP contribution >= 0.6 is 0 Å². The lowest BCUT2D eigenvalue weighted by Crippen LogP contribution is -2.25. The first-order valence-electron chi connectivity index (χ1n) is 8.16. The van der Waals surface area contributed by atoms with Gasteiger partial charge in [-0.2, -0.15) is 0 Å². The molecule has 2 N–H and O–H groups in total. The first-order valence-corrected chi connectivity index (χ1v) is 8.16. The van der Waals surface area contributed by atoms with Crippen molar-refractivity contribution in [1.29, 1.82) is 0 Å². The molecule has 1 atom stereocenters. The van der Waals surface area contributed by atoms with Gasteiger partial charge in [0.15, 0.2) is 5.69 Å². The maximum atomic E-state index is 11.7. The van der Waals surface area contributed by atoms with Crippen LogP contribution < -0.4 is 5.32 Å². The van der Waals surface area contributed by atoms with Crippen molar-refractivity contribution in [3.63, 3.8) is 0 Å². The van der Waals surface area contributed by atoms with E-state index in [0.29, 0.717) is 6.42 Å². The molecule has 2 aromatic rings. The summed E-state index contributed by atoms with van der Waals surface area (Å²) >= 11 is 0. The number of carbonyl (C=O) groups is 2. The van der Waals surface area contributed by atoms with Crippen molar-refractivity contribution in [2.75, 3.05) is 12.4 Å². The van der Waals surface area contributed by atoms with Crippen LogP contribution in [0.5, 0.6) is 0 Å². The zero-order valence-corrected chi connectivity index (χ0v) is 14.6. The second kappa shape index (κ2) is 9.27. The standard InChI is InChI=1S/C18H19N3O6/c1-27-18(24)14-8-9-15(21(25)26)17(20-14)19-13(7-10-16(22)23)11-12-5-3-2-4-6-12/h2-6,8-9,13H,7,10-11H2,1H3,(H,19,20)(H,22,23). The van der Waals surface area contributed by atoms with Crippen LogP contribution in [0.15, 0.2) is 42.5 Å². The fourth-order valence-corrected chi connectivity index (χ4v) is 2.54. The average Bonchev–Trinajstić information content (AvgIpc) is 2.66. The van der Waals surface area contributed by atoms with Gasteiger partial charge in [0.25, 0.3) is 0 Å². The number of methoxy groups -OCH3 is 1. The minimum absolute atomic E-state index is 0.0812. The highest BCUT2D eigenvalue weighted by atomic mass is 16.6. The number of hydrogen-bond donors (Lipinski definition) is 2. The van der Waals surface area contributed by atoms with Gasteiger partial charge in [-0.15, -0.1) is 0 Å². The molecule has 0 aliphatic carbocycles. The lowest BCUT2D eigenvalue weighted by Gasteiger charge is -2.19. The number of benzene rings is 1. The molecule has 2 rings (SSSR count). The highest BCUT2D eigenvalue weighted by Gasteiger charge is 2.22. The molecule has 0 aliphatic heterocycles. The first-order chi connectivity index (χ1) is 12.9. The number of carboxylic acids is 1. The molecule has 142 valence electrons. The normalized spacial score (nSPS) is 11.4. The number of esters is 1. The highest BCUT2D eigenvalue weighted by molar-refractivity contribution is 5.88. The smallest absolute Gasteiger partial charge is 0.356 e. The second-order valence-corrected chi connectivity index (χ2v) is 5.78. The maximum Gasteiger partial charge on any atom is 0.356 e. The summed E-state index contributed by atoms with van der Waals surface area (Å²) in [7, 11) is 1.18. The number of nitrogens with one attached hydrogen (secondary N) is 1. The summed E-state index contributed by atoms with van der Waals surface area (Å²) in [6.07, 6.45) is 0.551. The minimum atomic E-state index is -0.972. The minimum Gasteiger partial charge on any atom is -0.481 e. The van der Waals surface area contributed by atoms with Gasteiger partial charge in [-0.3, -0.25) is 14.9 Å². The van der Waals surface area contributed by atoms with Gasteiger partial charge in [0.2, 0.25) is 5.82 Å². The Bertz CT molecular complexity index is 825. The molecule has 9 nitrogen and oxygen atoms in total. The predicted octanol–water partition coefficient (Wildman–Crippen LogP) is 2.66. The fraction of sp³-hybridized carbons (Fsp3) is 0.278. The number of anilines is 1. The summed E-state index contributed by atoms with van der Waals surface area (Å²) in [6.45, 7) is 0. The lowest BCUT2D eigenvalue weighted by atomic mass is 10.0. The SMILES string of the molecule is COC(=O)c1ccc([N+](=O)[O-])c(NC(CCC(=O)O)Cc2ccccc2)n1. The molecule has 0 aliphatic rings. The number of pyridine rings is 1. The summed E-state index contributed by atoms with van der Waals surface area (Å²) in [5, 5.41) is 23.2. The number of hydrogen-bond acceptors (Lipinski definition) is 7. The van der Waals surface area contributed by atoms with Crippen molar-refractivity contribution >= 4 is 23.4 Å². The molecule has 1 aromatic heterocycles. The summed E-state index contributed by atoms with van der Waals surface area (Å²) in [5.41, 5.74) is 0.547. The quantitative estimate of drug-likeness (QED) is 0.389. The van der Waals surface area contributed by atoms with Crippen molar-refractivity contribution in [2.24, 2.45) is 0 Å². The van der Waals surface area contributed by atoms with Crippen LogP contribution in [0.3, 0.4) is 0 Å². The number of aliphatic carboxylic acids is 1. The number of aromatic nitrogens is 1. The van der Waals surface area contributed by atoms with Crippen molar-refractivity contribution < 1.29 is 24.4 Å². The van der Waals surface area contributed by atoms with E-state index in [1.54, 1.807) is 0 Å². The third kappa shape index (κ3) is 5.77. The molecule has 1 aromatic carbocycles. The molecule has 1 heterocycles. The van der Waals surface area contributed by atoms with Gasteiger partial charge in [0.1, 0.15) is 0 Å². The molecule has 0 saturated carbocycles. The van der Waals surface area contributed by atoms with Gasteiger partial charge in [-0.05, 0) is 24.5 Å². The van der Waals surface area contributed by atoms with Gasteiger partial charge < -0.3 is 15.2 Å². The van der Waals surface area contributed by atoms with Crippen LogP contribution in [0, 0.1) is 10.1 Å². The highest BCUT2D eigenvalue weighted by Crippen LogP contribution is 2.25. The Morgan fingerprint density at radius 3 is 2.56 bits per heavy atom. The zero-order chi connectivity index (χ0) is 19.8. The Balaban J connectivity index is 2.31.